The summed E-state index contributed by atoms with van der Waals surface area (Å²) in [5.41, 5.74) is 1.31. The minimum atomic E-state index is -0.652. The second kappa shape index (κ2) is 5.84. The van der Waals surface area contributed by atoms with Gasteiger partial charge in [-0.2, -0.15) is 0 Å². The van der Waals surface area contributed by atoms with Gasteiger partial charge in [0.25, 0.3) is 0 Å². The predicted octanol–water partition coefficient (Wildman–Crippen LogP) is 2.38. The maximum Gasteiger partial charge on any atom is 0.233 e. The topological polar surface area (TPSA) is 68.3 Å². The molecule has 2 aromatic rings. The molecule has 0 unspecified atom stereocenters. The fraction of sp³-hybridized carbons (Fsp3) is 0. The van der Waals surface area contributed by atoms with Gasteiger partial charge < -0.3 is 0 Å². The molecular formula is C16H10O4. The highest BCUT2D eigenvalue weighted by Crippen LogP contribution is 2.10. The summed E-state index contributed by atoms with van der Waals surface area (Å²) in [6.45, 7) is 0. The molecule has 2 aromatic carbocycles. The van der Waals surface area contributed by atoms with Gasteiger partial charge in [0, 0.05) is 22.3 Å². The first-order chi connectivity index (χ1) is 9.65. The second-order valence-corrected chi connectivity index (χ2v) is 4.14. The maximum atomic E-state index is 12.0. The molecule has 0 atom stereocenters. The van der Waals surface area contributed by atoms with E-state index in [-0.39, 0.29) is 11.1 Å². The standard InChI is InChI=1S/C16H10O4/c17-9-11-1-5-13(6-2-11)15(19)16(20)14-7-3-12(10-18)4-8-14/h1-10H. The van der Waals surface area contributed by atoms with E-state index in [0.717, 1.165) is 0 Å². The third-order valence-electron chi connectivity index (χ3n) is 2.82. The van der Waals surface area contributed by atoms with Crippen LogP contribution >= 0.6 is 0 Å². The number of carbonyl (C=O) groups is 4. The van der Waals surface area contributed by atoms with Gasteiger partial charge in [0.15, 0.2) is 0 Å². The summed E-state index contributed by atoms with van der Waals surface area (Å²) in [6, 6.07) is 11.6. The molecule has 2 rings (SSSR count). The normalized spacial score (nSPS) is 9.80. The molecule has 0 saturated carbocycles. The smallest absolute Gasteiger partial charge is 0.233 e. The molecule has 0 aliphatic rings. The van der Waals surface area contributed by atoms with Crippen molar-refractivity contribution in [2.45, 2.75) is 0 Å². The maximum absolute atomic E-state index is 12.0. The quantitative estimate of drug-likeness (QED) is 0.473. The van der Waals surface area contributed by atoms with Crippen LogP contribution in [0.2, 0.25) is 0 Å². The average Bonchev–Trinajstić information content (AvgIpc) is 2.53. The number of carbonyl (C=O) groups excluding carboxylic acids is 4. The zero-order chi connectivity index (χ0) is 14.5. The van der Waals surface area contributed by atoms with E-state index >= 15 is 0 Å². The Kier molecular flexibility index (Phi) is 3.96. The lowest BCUT2D eigenvalue weighted by Gasteiger charge is -2.01. The van der Waals surface area contributed by atoms with Gasteiger partial charge >= 0.3 is 0 Å². The van der Waals surface area contributed by atoms with Crippen molar-refractivity contribution in [2.75, 3.05) is 0 Å². The fourth-order valence-electron chi connectivity index (χ4n) is 1.69. The molecule has 0 aliphatic carbocycles. The molecule has 98 valence electrons. The highest BCUT2D eigenvalue weighted by molar-refractivity contribution is 6.49. The lowest BCUT2D eigenvalue weighted by molar-refractivity contribution is 0.0817. The van der Waals surface area contributed by atoms with Crippen molar-refractivity contribution >= 4 is 24.1 Å². The summed E-state index contributed by atoms with van der Waals surface area (Å²) in [4.78, 5) is 45.0. The van der Waals surface area contributed by atoms with E-state index in [4.69, 9.17) is 0 Å². The second-order valence-electron chi connectivity index (χ2n) is 4.14. The van der Waals surface area contributed by atoms with E-state index in [2.05, 4.69) is 0 Å². The van der Waals surface area contributed by atoms with Crippen molar-refractivity contribution in [3.8, 4) is 0 Å². The molecule has 0 radical (unpaired) electrons. The van der Waals surface area contributed by atoms with Crippen LogP contribution in [0.25, 0.3) is 0 Å². The van der Waals surface area contributed by atoms with Crippen molar-refractivity contribution in [3.63, 3.8) is 0 Å². The molecule has 0 aromatic heterocycles. The highest BCUT2D eigenvalue weighted by Gasteiger charge is 2.18. The minimum Gasteiger partial charge on any atom is -0.298 e. The van der Waals surface area contributed by atoms with Crippen LogP contribution in [-0.4, -0.2) is 24.1 Å². The Balaban J connectivity index is 2.24. The molecule has 0 aliphatic heterocycles. The Morgan fingerprint density at radius 3 is 1.15 bits per heavy atom. The molecule has 0 spiro atoms. The number of benzene rings is 2. The Bertz CT molecular complexity index is 605. The monoisotopic (exact) mass is 266 g/mol. The van der Waals surface area contributed by atoms with Crippen LogP contribution in [0.3, 0.4) is 0 Å². The van der Waals surface area contributed by atoms with E-state index in [1.807, 2.05) is 0 Å². The molecule has 4 heteroatoms. The summed E-state index contributed by atoms with van der Waals surface area (Å²) in [5.74, 6) is -1.30. The van der Waals surface area contributed by atoms with Gasteiger partial charge in [0.1, 0.15) is 12.6 Å². The van der Waals surface area contributed by atoms with Crippen molar-refractivity contribution < 1.29 is 19.2 Å². The van der Waals surface area contributed by atoms with Gasteiger partial charge in [-0.1, -0.05) is 48.5 Å². The summed E-state index contributed by atoms with van der Waals surface area (Å²) in [6.07, 6.45) is 1.32. The molecule has 0 N–H and O–H groups in total. The van der Waals surface area contributed by atoms with E-state index in [0.29, 0.717) is 23.7 Å². The Labute approximate surface area is 115 Å². The highest BCUT2D eigenvalue weighted by atomic mass is 16.2. The van der Waals surface area contributed by atoms with Gasteiger partial charge in [-0.25, -0.2) is 0 Å². The zero-order valence-corrected chi connectivity index (χ0v) is 10.4. The van der Waals surface area contributed by atoms with E-state index in [1.54, 1.807) is 0 Å². The van der Waals surface area contributed by atoms with Gasteiger partial charge in [0.05, 0.1) is 0 Å². The Morgan fingerprint density at radius 1 is 0.600 bits per heavy atom. The number of ketones is 2. The molecule has 0 heterocycles. The molecule has 0 amide bonds. The third-order valence-corrected chi connectivity index (χ3v) is 2.82. The predicted molar refractivity (Wildman–Crippen MR) is 72.3 cm³/mol. The molecular weight excluding hydrogens is 256 g/mol. The number of aldehydes is 2. The number of hydrogen-bond donors (Lipinski definition) is 0. The van der Waals surface area contributed by atoms with Crippen LogP contribution in [0.4, 0.5) is 0 Å². The summed E-state index contributed by atoms with van der Waals surface area (Å²) >= 11 is 0. The molecule has 0 fully saturated rings. The van der Waals surface area contributed by atoms with Crippen LogP contribution < -0.4 is 0 Å². The van der Waals surface area contributed by atoms with Gasteiger partial charge in [-0.15, -0.1) is 0 Å². The number of Topliss-reactive ketones (excluding diaryl/α,β-unsaturated/α-hetero) is 2. The molecule has 0 saturated heterocycles. The largest absolute Gasteiger partial charge is 0.298 e. The van der Waals surface area contributed by atoms with Gasteiger partial charge in [-0.05, 0) is 0 Å². The molecule has 20 heavy (non-hydrogen) atoms. The zero-order valence-electron chi connectivity index (χ0n) is 10.4. The van der Waals surface area contributed by atoms with E-state index in [9.17, 15) is 19.2 Å². The summed E-state index contributed by atoms with van der Waals surface area (Å²) < 4.78 is 0. The molecule has 4 nitrogen and oxygen atoms in total. The van der Waals surface area contributed by atoms with E-state index < -0.39 is 11.6 Å². The van der Waals surface area contributed by atoms with Gasteiger partial charge in [-0.3, -0.25) is 19.2 Å². The number of rotatable bonds is 5. The first kappa shape index (κ1) is 13.5. The van der Waals surface area contributed by atoms with Crippen molar-refractivity contribution in [2.24, 2.45) is 0 Å². The van der Waals surface area contributed by atoms with E-state index in [1.165, 1.54) is 48.5 Å². The van der Waals surface area contributed by atoms with Crippen LogP contribution in [0.1, 0.15) is 41.4 Å². The summed E-state index contributed by atoms with van der Waals surface area (Å²) in [7, 11) is 0. The Hall–Kier alpha value is -2.88. The first-order valence-corrected chi connectivity index (χ1v) is 5.85. The van der Waals surface area contributed by atoms with Crippen LogP contribution in [0.5, 0.6) is 0 Å². The van der Waals surface area contributed by atoms with Crippen LogP contribution in [0, 0.1) is 0 Å². The van der Waals surface area contributed by atoms with Gasteiger partial charge in [0.2, 0.25) is 11.6 Å². The van der Waals surface area contributed by atoms with Crippen molar-refractivity contribution in [1.82, 2.24) is 0 Å². The summed E-state index contributed by atoms with van der Waals surface area (Å²) in [5, 5.41) is 0. The lowest BCUT2D eigenvalue weighted by Crippen LogP contribution is -2.14. The third kappa shape index (κ3) is 2.75. The average molecular weight is 266 g/mol. The number of hydrogen-bond acceptors (Lipinski definition) is 4. The first-order valence-electron chi connectivity index (χ1n) is 5.85. The fourth-order valence-corrected chi connectivity index (χ4v) is 1.69. The minimum absolute atomic E-state index is 0.222. The van der Waals surface area contributed by atoms with Crippen molar-refractivity contribution in [1.29, 1.82) is 0 Å². The van der Waals surface area contributed by atoms with Crippen molar-refractivity contribution in [3.05, 3.63) is 70.8 Å². The lowest BCUT2D eigenvalue weighted by atomic mass is 10.00. The molecule has 0 bridgehead atoms. The SMILES string of the molecule is O=Cc1ccc(C(=O)C(=O)c2ccc(C=O)cc2)cc1. The van der Waals surface area contributed by atoms with Crippen LogP contribution in [0.15, 0.2) is 48.5 Å². The Morgan fingerprint density at radius 2 is 0.900 bits per heavy atom. The van der Waals surface area contributed by atoms with Crippen LogP contribution in [-0.2, 0) is 0 Å².